The molecule has 0 spiro atoms. The van der Waals surface area contributed by atoms with E-state index in [2.05, 4.69) is 15.4 Å². The van der Waals surface area contributed by atoms with Crippen molar-refractivity contribution in [1.82, 2.24) is 10.4 Å². The average Bonchev–Trinajstić information content (AvgIpc) is 2.86. The topological polar surface area (TPSA) is 66.3 Å². The molecule has 0 aliphatic carbocycles. The van der Waals surface area contributed by atoms with Crippen LogP contribution in [-0.4, -0.2) is 60.4 Å². The first-order valence-corrected chi connectivity index (χ1v) is 7.49. The zero-order chi connectivity index (χ0) is 13.5. The van der Waals surface area contributed by atoms with Gasteiger partial charge < -0.3 is 4.74 Å². The SMILES string of the molecule is CCOC(=O)CSCCN=C1C=CC2=NCCN2N1. The maximum Gasteiger partial charge on any atom is 0.315 e. The number of carbonyl (C=O) groups excluding carboxylic acids is 1. The predicted octanol–water partition coefficient (Wildman–Crippen LogP) is 0.470. The maximum absolute atomic E-state index is 11.1. The minimum Gasteiger partial charge on any atom is -0.465 e. The van der Waals surface area contributed by atoms with E-state index in [1.807, 2.05) is 24.1 Å². The fraction of sp³-hybridized carbons (Fsp3) is 0.583. The Bertz CT molecular complexity index is 420. The first kappa shape index (κ1) is 13.9. The highest BCUT2D eigenvalue weighted by Crippen LogP contribution is 2.05. The molecule has 0 aromatic rings. The number of thioether (sulfide) groups is 1. The molecule has 0 atom stereocenters. The van der Waals surface area contributed by atoms with Crippen LogP contribution in [0.4, 0.5) is 0 Å². The van der Waals surface area contributed by atoms with E-state index in [-0.39, 0.29) is 5.97 Å². The Kier molecular flexibility index (Phi) is 5.26. The molecule has 0 aromatic heterocycles. The average molecular weight is 282 g/mol. The van der Waals surface area contributed by atoms with Crippen molar-refractivity contribution >= 4 is 29.4 Å². The summed E-state index contributed by atoms with van der Waals surface area (Å²) in [5.74, 6) is 2.85. The fourth-order valence-electron chi connectivity index (χ4n) is 1.73. The Labute approximate surface area is 117 Å². The third kappa shape index (κ3) is 4.27. The molecule has 0 fully saturated rings. The molecule has 0 radical (unpaired) electrons. The second kappa shape index (κ2) is 7.18. The number of rotatable bonds is 6. The molecule has 0 saturated heterocycles. The molecule has 104 valence electrons. The van der Waals surface area contributed by atoms with E-state index in [1.54, 1.807) is 0 Å². The molecule has 0 bridgehead atoms. The van der Waals surface area contributed by atoms with Crippen molar-refractivity contribution in [2.75, 3.05) is 37.7 Å². The number of carbonyl (C=O) groups is 1. The van der Waals surface area contributed by atoms with Gasteiger partial charge in [0.2, 0.25) is 0 Å². The molecule has 0 aromatic carbocycles. The Morgan fingerprint density at radius 3 is 3.37 bits per heavy atom. The molecule has 2 rings (SSSR count). The number of esters is 1. The summed E-state index contributed by atoms with van der Waals surface area (Å²) in [6.07, 6.45) is 3.89. The second-order valence-corrected chi connectivity index (χ2v) is 5.07. The predicted molar refractivity (Wildman–Crippen MR) is 77.5 cm³/mol. The van der Waals surface area contributed by atoms with E-state index in [1.165, 1.54) is 11.8 Å². The summed E-state index contributed by atoms with van der Waals surface area (Å²) in [6, 6.07) is 0. The van der Waals surface area contributed by atoms with Crippen molar-refractivity contribution in [1.29, 1.82) is 0 Å². The van der Waals surface area contributed by atoms with Crippen molar-refractivity contribution in [3.05, 3.63) is 12.2 Å². The normalized spacial score (nSPS) is 19.1. The van der Waals surface area contributed by atoms with Crippen molar-refractivity contribution in [2.24, 2.45) is 9.98 Å². The molecular formula is C12H18N4O2S. The Morgan fingerprint density at radius 1 is 1.63 bits per heavy atom. The molecule has 0 unspecified atom stereocenters. The van der Waals surface area contributed by atoms with Crippen molar-refractivity contribution < 1.29 is 9.53 Å². The molecule has 6 nitrogen and oxygen atoms in total. The van der Waals surface area contributed by atoms with Crippen LogP contribution in [0.15, 0.2) is 22.1 Å². The van der Waals surface area contributed by atoms with Crippen LogP contribution in [0.25, 0.3) is 0 Å². The van der Waals surface area contributed by atoms with Gasteiger partial charge in [-0.3, -0.25) is 25.2 Å². The lowest BCUT2D eigenvalue weighted by Gasteiger charge is -2.24. The van der Waals surface area contributed by atoms with E-state index in [0.717, 1.165) is 30.5 Å². The van der Waals surface area contributed by atoms with Crippen LogP contribution < -0.4 is 5.43 Å². The highest BCUT2D eigenvalue weighted by molar-refractivity contribution is 7.99. The van der Waals surface area contributed by atoms with Crippen molar-refractivity contribution in [3.8, 4) is 0 Å². The van der Waals surface area contributed by atoms with E-state index in [4.69, 9.17) is 4.74 Å². The quantitative estimate of drug-likeness (QED) is 0.566. The van der Waals surface area contributed by atoms with E-state index >= 15 is 0 Å². The van der Waals surface area contributed by atoms with Gasteiger partial charge in [0.15, 0.2) is 0 Å². The minimum atomic E-state index is -0.159. The summed E-state index contributed by atoms with van der Waals surface area (Å²) in [5, 5.41) is 1.99. The smallest absolute Gasteiger partial charge is 0.315 e. The number of hydrogen-bond donors (Lipinski definition) is 1. The largest absolute Gasteiger partial charge is 0.465 e. The van der Waals surface area contributed by atoms with Crippen LogP contribution in [0, 0.1) is 0 Å². The Morgan fingerprint density at radius 2 is 2.53 bits per heavy atom. The summed E-state index contributed by atoms with van der Waals surface area (Å²) in [4.78, 5) is 19.9. The number of aliphatic imine (C=N–C) groups is 2. The molecule has 0 saturated carbocycles. The lowest BCUT2D eigenvalue weighted by atomic mass is 10.4. The fourth-order valence-corrected chi connectivity index (χ4v) is 2.34. The number of amidine groups is 2. The van der Waals surface area contributed by atoms with E-state index in [0.29, 0.717) is 18.9 Å². The summed E-state index contributed by atoms with van der Waals surface area (Å²) in [7, 11) is 0. The van der Waals surface area contributed by atoms with Gasteiger partial charge in [-0.2, -0.15) is 0 Å². The summed E-state index contributed by atoms with van der Waals surface area (Å²) in [5.41, 5.74) is 3.20. The molecule has 0 amide bonds. The number of hydrazine groups is 1. The van der Waals surface area contributed by atoms with Gasteiger partial charge in [0, 0.05) is 5.75 Å². The molecule has 2 aliphatic rings. The van der Waals surface area contributed by atoms with E-state index < -0.39 is 0 Å². The second-order valence-electron chi connectivity index (χ2n) is 3.96. The molecule has 2 heterocycles. The number of ether oxygens (including phenoxy) is 1. The lowest BCUT2D eigenvalue weighted by Crippen LogP contribution is -2.46. The van der Waals surface area contributed by atoms with Crippen LogP contribution in [0.3, 0.4) is 0 Å². The van der Waals surface area contributed by atoms with Gasteiger partial charge in [0.05, 0.1) is 32.0 Å². The standard InChI is InChI=1S/C12H18N4O2S/c1-2-18-12(17)9-19-8-6-13-10-3-4-11-14-5-7-16(11)15-10/h3-4H,2,5-9H2,1H3,(H,13,15). The highest BCUT2D eigenvalue weighted by atomic mass is 32.2. The molecular weight excluding hydrogens is 264 g/mol. The van der Waals surface area contributed by atoms with E-state index in [9.17, 15) is 4.79 Å². The molecule has 7 heteroatoms. The summed E-state index contributed by atoms with van der Waals surface area (Å²) >= 11 is 1.54. The zero-order valence-electron chi connectivity index (χ0n) is 11.0. The van der Waals surface area contributed by atoms with Gasteiger partial charge >= 0.3 is 5.97 Å². The third-order valence-electron chi connectivity index (χ3n) is 2.56. The number of nitrogens with one attached hydrogen (secondary N) is 1. The number of fused-ring (bicyclic) bond motifs is 1. The van der Waals surface area contributed by atoms with Crippen LogP contribution >= 0.6 is 11.8 Å². The highest BCUT2D eigenvalue weighted by Gasteiger charge is 2.18. The van der Waals surface area contributed by atoms with Crippen LogP contribution in [-0.2, 0) is 9.53 Å². The molecule has 19 heavy (non-hydrogen) atoms. The van der Waals surface area contributed by atoms with Gasteiger partial charge in [-0.1, -0.05) is 0 Å². The van der Waals surface area contributed by atoms with Crippen LogP contribution in [0.2, 0.25) is 0 Å². The van der Waals surface area contributed by atoms with Crippen LogP contribution in [0.5, 0.6) is 0 Å². The number of hydrogen-bond acceptors (Lipinski definition) is 6. The van der Waals surface area contributed by atoms with Crippen molar-refractivity contribution in [2.45, 2.75) is 6.92 Å². The monoisotopic (exact) mass is 282 g/mol. The van der Waals surface area contributed by atoms with Gasteiger partial charge in [0.1, 0.15) is 11.7 Å². The van der Waals surface area contributed by atoms with Gasteiger partial charge in [0.25, 0.3) is 0 Å². The molecule has 2 aliphatic heterocycles. The Balaban J connectivity index is 1.65. The maximum atomic E-state index is 11.1. The number of nitrogens with zero attached hydrogens (tertiary/aromatic N) is 3. The third-order valence-corrected chi connectivity index (χ3v) is 3.47. The summed E-state index contributed by atoms with van der Waals surface area (Å²) < 4.78 is 4.85. The van der Waals surface area contributed by atoms with Gasteiger partial charge in [-0.25, -0.2) is 0 Å². The van der Waals surface area contributed by atoms with Gasteiger partial charge in [-0.05, 0) is 19.1 Å². The van der Waals surface area contributed by atoms with Crippen molar-refractivity contribution in [3.63, 3.8) is 0 Å². The lowest BCUT2D eigenvalue weighted by molar-refractivity contribution is -0.139. The molecule has 1 N–H and O–H groups in total. The minimum absolute atomic E-state index is 0.159. The first-order chi connectivity index (χ1) is 9.29. The van der Waals surface area contributed by atoms with Crippen LogP contribution in [0.1, 0.15) is 6.92 Å². The summed E-state index contributed by atoms with van der Waals surface area (Å²) in [6.45, 7) is 4.64. The Hall–Kier alpha value is -1.50. The first-order valence-electron chi connectivity index (χ1n) is 6.34. The van der Waals surface area contributed by atoms with Gasteiger partial charge in [-0.15, -0.1) is 11.8 Å². The zero-order valence-corrected chi connectivity index (χ0v) is 11.8.